The van der Waals surface area contributed by atoms with Crippen molar-refractivity contribution < 1.29 is 19.0 Å². The molecule has 0 radical (unpaired) electrons. The van der Waals surface area contributed by atoms with Gasteiger partial charge in [0.25, 0.3) is 5.56 Å². The Morgan fingerprint density at radius 1 is 1.00 bits per heavy atom. The molecule has 0 amide bonds. The summed E-state index contributed by atoms with van der Waals surface area (Å²) in [5.41, 5.74) is -1.05. The molecule has 4 rings (SSSR count). The molecule has 1 aromatic carbocycles. The van der Waals surface area contributed by atoms with E-state index in [4.69, 9.17) is 4.74 Å². The van der Waals surface area contributed by atoms with Crippen molar-refractivity contribution in [3.8, 4) is 0 Å². The van der Waals surface area contributed by atoms with Crippen LogP contribution in [0.15, 0.2) is 96.4 Å². The zero-order chi connectivity index (χ0) is 23.4. The van der Waals surface area contributed by atoms with Crippen molar-refractivity contribution in [3.63, 3.8) is 0 Å². The maximum Gasteiger partial charge on any atom is 0.339 e. The van der Waals surface area contributed by atoms with E-state index in [0.717, 1.165) is 0 Å². The Balaban J connectivity index is 2.07. The van der Waals surface area contributed by atoms with Gasteiger partial charge in [-0.2, -0.15) is 0 Å². The summed E-state index contributed by atoms with van der Waals surface area (Å²) in [6.07, 6.45) is 7.41. The molecule has 8 heteroatoms. The van der Waals surface area contributed by atoms with Crippen molar-refractivity contribution in [1.29, 1.82) is 0 Å². The van der Waals surface area contributed by atoms with E-state index in [-0.39, 0.29) is 5.56 Å². The Morgan fingerprint density at radius 3 is 2.12 bits per heavy atom. The molecule has 0 saturated heterocycles. The molecule has 0 aliphatic rings. The van der Waals surface area contributed by atoms with Gasteiger partial charge in [0.05, 0.1) is 18.7 Å². The summed E-state index contributed by atoms with van der Waals surface area (Å²) in [5, 5.41) is 12.4. The highest BCUT2D eigenvalue weighted by Gasteiger charge is 2.43. The van der Waals surface area contributed by atoms with Gasteiger partial charge >= 0.3 is 5.97 Å². The summed E-state index contributed by atoms with van der Waals surface area (Å²) >= 11 is 0. The first-order chi connectivity index (χ1) is 15.9. The normalized spacial score (nSPS) is 12.2. The van der Waals surface area contributed by atoms with Crippen LogP contribution in [0, 0.1) is 5.82 Å². The Kier molecular flexibility index (Phi) is 6.10. The van der Waals surface area contributed by atoms with Gasteiger partial charge in [-0.25, -0.2) is 9.18 Å². The second-order valence-corrected chi connectivity index (χ2v) is 7.36. The molecule has 0 aliphatic heterocycles. The molecule has 4 aromatic rings. The first kappa shape index (κ1) is 22.0. The zero-order valence-corrected chi connectivity index (χ0v) is 17.6. The van der Waals surface area contributed by atoms with Crippen LogP contribution in [0.2, 0.25) is 0 Å². The molecular weight excluding hydrogens is 425 g/mol. The summed E-state index contributed by atoms with van der Waals surface area (Å²) in [6, 6.07) is 13.6. The average molecular weight is 445 g/mol. The lowest BCUT2D eigenvalue weighted by Gasteiger charge is -2.38. The highest BCUT2D eigenvalue weighted by molar-refractivity contribution is 5.88. The first-order valence-electron chi connectivity index (χ1n) is 10.0. The fourth-order valence-electron chi connectivity index (χ4n) is 3.85. The van der Waals surface area contributed by atoms with Crippen LogP contribution in [0.5, 0.6) is 0 Å². The molecule has 1 atom stereocenters. The van der Waals surface area contributed by atoms with Crippen LogP contribution in [0.4, 0.5) is 4.39 Å². The minimum Gasteiger partial charge on any atom is -0.465 e. The lowest BCUT2D eigenvalue weighted by atomic mass is 9.78. The molecule has 33 heavy (non-hydrogen) atoms. The number of aromatic nitrogens is 3. The Bertz CT molecular complexity index is 1270. The number of nitrogens with zero attached hydrogens (tertiary/aromatic N) is 3. The number of halogens is 1. The largest absolute Gasteiger partial charge is 0.465 e. The topological polar surface area (TPSA) is 94.3 Å². The molecule has 1 unspecified atom stereocenters. The fraction of sp³-hybridized carbons (Fsp3) is 0.120. The molecule has 3 aromatic heterocycles. The number of hydrogen-bond donors (Lipinski definition) is 1. The van der Waals surface area contributed by atoms with Crippen LogP contribution < -0.4 is 5.56 Å². The monoisotopic (exact) mass is 445 g/mol. The third-order valence-corrected chi connectivity index (χ3v) is 5.42. The maximum absolute atomic E-state index is 13.8. The molecule has 0 bridgehead atoms. The van der Waals surface area contributed by atoms with Gasteiger partial charge in [0.15, 0.2) is 0 Å². The Morgan fingerprint density at radius 2 is 1.61 bits per heavy atom. The van der Waals surface area contributed by atoms with Gasteiger partial charge in [-0.05, 0) is 35.9 Å². The molecule has 0 saturated carbocycles. The van der Waals surface area contributed by atoms with Crippen LogP contribution in [0.3, 0.4) is 0 Å². The Hall–Kier alpha value is -4.17. The highest BCUT2D eigenvalue weighted by atomic mass is 19.1. The van der Waals surface area contributed by atoms with E-state index in [1.807, 2.05) is 0 Å². The fourth-order valence-corrected chi connectivity index (χ4v) is 3.85. The number of carbonyl (C=O) groups is 1. The van der Waals surface area contributed by atoms with Crippen molar-refractivity contribution in [2.24, 2.45) is 0 Å². The average Bonchev–Trinajstić information content (AvgIpc) is 2.87. The predicted octanol–water partition coefficient (Wildman–Crippen LogP) is 3.09. The van der Waals surface area contributed by atoms with Crippen molar-refractivity contribution >= 4 is 5.97 Å². The summed E-state index contributed by atoms with van der Waals surface area (Å²) < 4.78 is 19.8. The van der Waals surface area contributed by atoms with Crippen molar-refractivity contribution in [1.82, 2.24) is 14.5 Å². The van der Waals surface area contributed by atoms with Crippen molar-refractivity contribution in [2.45, 2.75) is 11.6 Å². The number of ether oxygens (including phenoxy) is 1. The first-order valence-corrected chi connectivity index (χ1v) is 10.0. The van der Waals surface area contributed by atoms with Crippen molar-refractivity contribution in [2.75, 3.05) is 7.11 Å². The van der Waals surface area contributed by atoms with Crippen LogP contribution in [-0.4, -0.2) is 32.7 Å². The number of hydrogen-bond acceptors (Lipinski definition) is 6. The van der Waals surface area contributed by atoms with Crippen LogP contribution in [0.25, 0.3) is 0 Å². The summed E-state index contributed by atoms with van der Waals surface area (Å²) in [7, 11) is 1.23. The summed E-state index contributed by atoms with van der Waals surface area (Å²) in [6.45, 7) is 0. The molecule has 1 N–H and O–H groups in total. The van der Waals surface area contributed by atoms with E-state index < -0.39 is 29.0 Å². The van der Waals surface area contributed by atoms with E-state index in [1.165, 1.54) is 66.7 Å². The number of pyridine rings is 3. The quantitative estimate of drug-likeness (QED) is 0.459. The number of benzene rings is 1. The second kappa shape index (κ2) is 9.13. The van der Waals surface area contributed by atoms with E-state index in [9.17, 15) is 19.1 Å². The van der Waals surface area contributed by atoms with Gasteiger partial charge < -0.3 is 14.4 Å². The van der Waals surface area contributed by atoms with Gasteiger partial charge in [0, 0.05) is 48.2 Å². The predicted molar refractivity (Wildman–Crippen MR) is 118 cm³/mol. The molecule has 166 valence electrons. The van der Waals surface area contributed by atoms with E-state index >= 15 is 0 Å². The van der Waals surface area contributed by atoms with Gasteiger partial charge in [-0.15, -0.1) is 0 Å². The zero-order valence-electron chi connectivity index (χ0n) is 17.6. The number of carbonyl (C=O) groups excluding carboxylic acids is 1. The third-order valence-electron chi connectivity index (χ3n) is 5.42. The molecule has 0 fully saturated rings. The minimum absolute atomic E-state index is 0.115. The number of methoxy groups -OCH3 is 1. The van der Waals surface area contributed by atoms with Crippen molar-refractivity contribution in [3.05, 3.63) is 130 Å². The SMILES string of the molecule is COC(=O)c1ccc(=O)n(C(c2ccc(F)cc2)C(O)(c2cccnc2)c2cccnc2)c1. The Labute approximate surface area is 188 Å². The van der Waals surface area contributed by atoms with Crippen LogP contribution in [-0.2, 0) is 10.3 Å². The van der Waals surface area contributed by atoms with Crippen LogP contribution in [0.1, 0.15) is 33.1 Å². The molecule has 7 nitrogen and oxygen atoms in total. The second-order valence-electron chi connectivity index (χ2n) is 7.36. The number of esters is 1. The third kappa shape index (κ3) is 4.16. The lowest BCUT2D eigenvalue weighted by molar-refractivity contribution is 0.0358. The van der Waals surface area contributed by atoms with E-state index in [2.05, 4.69) is 9.97 Å². The number of aliphatic hydroxyl groups is 1. The van der Waals surface area contributed by atoms with Gasteiger partial charge in [-0.1, -0.05) is 24.3 Å². The van der Waals surface area contributed by atoms with Crippen LogP contribution >= 0.6 is 0 Å². The summed E-state index contributed by atoms with van der Waals surface area (Å²) in [5.74, 6) is -1.12. The van der Waals surface area contributed by atoms with Gasteiger partial charge in [-0.3, -0.25) is 14.8 Å². The molecule has 0 aliphatic carbocycles. The maximum atomic E-state index is 13.8. The van der Waals surface area contributed by atoms with Gasteiger partial charge in [0.1, 0.15) is 11.4 Å². The van der Waals surface area contributed by atoms with Gasteiger partial charge in [0.2, 0.25) is 0 Å². The lowest BCUT2D eigenvalue weighted by Crippen LogP contribution is -2.43. The summed E-state index contributed by atoms with van der Waals surface area (Å²) in [4.78, 5) is 33.5. The molecular formula is C25H20FN3O4. The highest BCUT2D eigenvalue weighted by Crippen LogP contribution is 2.42. The van der Waals surface area contributed by atoms with E-state index in [1.54, 1.807) is 36.7 Å². The minimum atomic E-state index is -1.86. The standard InChI is InChI=1S/C25H20FN3O4/c1-33-24(31)18-8-11-22(30)29(16-18)23(17-6-9-21(26)10-7-17)25(32,19-4-2-12-27-14-19)20-5-3-13-28-15-20/h2-16,23,32H,1H3. The molecule has 3 heterocycles. The smallest absolute Gasteiger partial charge is 0.339 e. The molecule has 0 spiro atoms. The van der Waals surface area contributed by atoms with E-state index in [0.29, 0.717) is 16.7 Å². The number of rotatable bonds is 6.